The zero-order chi connectivity index (χ0) is 13.3. The molecule has 4 heteroatoms. The van der Waals surface area contributed by atoms with Gasteiger partial charge in [0.2, 0.25) is 0 Å². The van der Waals surface area contributed by atoms with Crippen molar-refractivity contribution in [1.82, 2.24) is 9.55 Å². The van der Waals surface area contributed by atoms with Gasteiger partial charge in [0.25, 0.3) is 0 Å². The molecular weight excluding hydrogens is 226 g/mol. The summed E-state index contributed by atoms with van der Waals surface area (Å²) in [6.07, 6.45) is 0.891. The van der Waals surface area contributed by atoms with Crippen molar-refractivity contribution in [2.24, 2.45) is 0 Å². The number of nitrogens with two attached hydrogens (primary N) is 1. The van der Waals surface area contributed by atoms with Gasteiger partial charge in [-0.3, -0.25) is 0 Å². The monoisotopic (exact) mass is 247 g/mol. The molecule has 0 saturated heterocycles. The highest BCUT2D eigenvalue weighted by Gasteiger charge is 2.25. The SMILES string of the molecule is CCc1nc2cc(N)ccc2n1C(C)(C)COC. The van der Waals surface area contributed by atoms with E-state index in [1.54, 1.807) is 7.11 Å². The number of imidazole rings is 1. The van der Waals surface area contributed by atoms with Crippen molar-refractivity contribution in [2.75, 3.05) is 19.5 Å². The van der Waals surface area contributed by atoms with Crippen LogP contribution in [0.5, 0.6) is 0 Å². The Bertz CT molecular complexity index is 557. The number of aryl methyl sites for hydroxylation is 1. The van der Waals surface area contributed by atoms with Crippen LogP contribution >= 0.6 is 0 Å². The summed E-state index contributed by atoms with van der Waals surface area (Å²) in [5.74, 6) is 1.07. The lowest BCUT2D eigenvalue weighted by atomic mass is 10.1. The molecule has 0 radical (unpaired) electrons. The van der Waals surface area contributed by atoms with Gasteiger partial charge in [-0.1, -0.05) is 6.92 Å². The Morgan fingerprint density at radius 1 is 1.39 bits per heavy atom. The number of aromatic nitrogens is 2. The summed E-state index contributed by atoms with van der Waals surface area (Å²) in [5, 5.41) is 0. The molecule has 98 valence electrons. The lowest BCUT2D eigenvalue weighted by Gasteiger charge is -2.28. The standard InChI is InChI=1S/C14H21N3O/c1-5-13-16-11-8-10(15)6-7-12(11)17(13)14(2,3)9-18-4/h6-8H,5,9,15H2,1-4H3. The van der Waals surface area contributed by atoms with Crippen molar-refractivity contribution in [3.63, 3.8) is 0 Å². The summed E-state index contributed by atoms with van der Waals surface area (Å²) in [7, 11) is 1.73. The molecule has 1 heterocycles. The van der Waals surface area contributed by atoms with Gasteiger partial charge in [0.05, 0.1) is 23.2 Å². The van der Waals surface area contributed by atoms with Crippen LogP contribution in [0.3, 0.4) is 0 Å². The first-order valence-corrected chi connectivity index (χ1v) is 6.26. The molecule has 1 aromatic carbocycles. The van der Waals surface area contributed by atoms with Gasteiger partial charge in [-0.2, -0.15) is 0 Å². The maximum atomic E-state index is 5.82. The molecule has 4 nitrogen and oxygen atoms in total. The summed E-state index contributed by atoms with van der Waals surface area (Å²) in [6, 6.07) is 5.88. The number of hydrogen-bond donors (Lipinski definition) is 1. The van der Waals surface area contributed by atoms with Crippen LogP contribution in [-0.2, 0) is 16.7 Å². The second kappa shape index (κ2) is 4.61. The fraction of sp³-hybridized carbons (Fsp3) is 0.500. The van der Waals surface area contributed by atoms with Crippen molar-refractivity contribution >= 4 is 16.7 Å². The molecule has 2 rings (SSSR count). The molecule has 1 aromatic heterocycles. The van der Waals surface area contributed by atoms with Crippen LogP contribution in [0.2, 0.25) is 0 Å². The first-order chi connectivity index (χ1) is 8.49. The lowest BCUT2D eigenvalue weighted by molar-refractivity contribution is 0.110. The predicted octanol–water partition coefficient (Wildman–Crippen LogP) is 2.56. The van der Waals surface area contributed by atoms with E-state index in [-0.39, 0.29) is 5.54 Å². The van der Waals surface area contributed by atoms with Crippen LogP contribution in [0.15, 0.2) is 18.2 Å². The minimum Gasteiger partial charge on any atom is -0.399 e. The predicted molar refractivity (Wildman–Crippen MR) is 74.7 cm³/mol. The fourth-order valence-electron chi connectivity index (χ4n) is 2.48. The van der Waals surface area contributed by atoms with Crippen LogP contribution in [0, 0.1) is 0 Å². The number of fused-ring (bicyclic) bond motifs is 1. The van der Waals surface area contributed by atoms with Crippen molar-refractivity contribution in [1.29, 1.82) is 0 Å². The van der Waals surface area contributed by atoms with E-state index in [9.17, 15) is 0 Å². The Kier molecular flexibility index (Phi) is 3.30. The molecule has 0 aliphatic carbocycles. The fourth-order valence-corrected chi connectivity index (χ4v) is 2.48. The third kappa shape index (κ3) is 2.08. The first kappa shape index (κ1) is 12.9. The summed E-state index contributed by atoms with van der Waals surface area (Å²) >= 11 is 0. The van der Waals surface area contributed by atoms with Gasteiger partial charge >= 0.3 is 0 Å². The van der Waals surface area contributed by atoms with Crippen LogP contribution in [0.25, 0.3) is 11.0 Å². The van der Waals surface area contributed by atoms with E-state index in [0.29, 0.717) is 6.61 Å². The second-order valence-electron chi connectivity index (χ2n) is 5.21. The zero-order valence-electron chi connectivity index (χ0n) is 11.5. The Hall–Kier alpha value is -1.55. The number of ether oxygens (including phenoxy) is 1. The summed E-state index contributed by atoms with van der Waals surface area (Å²) in [5.41, 5.74) is 8.52. The van der Waals surface area contributed by atoms with Crippen LogP contribution in [-0.4, -0.2) is 23.3 Å². The quantitative estimate of drug-likeness (QED) is 0.845. The minimum atomic E-state index is -0.120. The molecule has 0 saturated carbocycles. The smallest absolute Gasteiger partial charge is 0.110 e. The lowest BCUT2D eigenvalue weighted by Crippen LogP contribution is -2.32. The topological polar surface area (TPSA) is 53.1 Å². The van der Waals surface area contributed by atoms with E-state index in [4.69, 9.17) is 10.5 Å². The average molecular weight is 247 g/mol. The molecule has 0 aliphatic rings. The van der Waals surface area contributed by atoms with E-state index >= 15 is 0 Å². The highest BCUT2D eigenvalue weighted by Crippen LogP contribution is 2.27. The Morgan fingerprint density at radius 2 is 2.11 bits per heavy atom. The molecule has 0 unspecified atom stereocenters. The van der Waals surface area contributed by atoms with Crippen LogP contribution in [0.4, 0.5) is 5.69 Å². The normalized spacial score (nSPS) is 12.2. The number of hydrogen-bond acceptors (Lipinski definition) is 3. The summed E-state index contributed by atoms with van der Waals surface area (Å²) < 4.78 is 7.58. The second-order valence-corrected chi connectivity index (χ2v) is 5.21. The van der Waals surface area contributed by atoms with E-state index in [2.05, 4.69) is 30.3 Å². The molecule has 18 heavy (non-hydrogen) atoms. The summed E-state index contributed by atoms with van der Waals surface area (Å²) in [6.45, 7) is 7.08. The Balaban J connectivity index is 2.67. The molecular formula is C14H21N3O. The third-order valence-electron chi connectivity index (χ3n) is 3.17. The molecule has 2 N–H and O–H groups in total. The van der Waals surface area contributed by atoms with Gasteiger partial charge in [0.1, 0.15) is 5.82 Å². The van der Waals surface area contributed by atoms with Gasteiger partial charge in [-0.25, -0.2) is 4.98 Å². The minimum absolute atomic E-state index is 0.120. The number of rotatable bonds is 4. The van der Waals surface area contributed by atoms with Crippen LogP contribution in [0.1, 0.15) is 26.6 Å². The highest BCUT2D eigenvalue weighted by atomic mass is 16.5. The number of methoxy groups -OCH3 is 1. The molecule has 0 atom stereocenters. The van der Waals surface area contributed by atoms with E-state index in [1.165, 1.54) is 0 Å². The molecule has 2 aromatic rings. The molecule has 0 bridgehead atoms. The van der Waals surface area contributed by atoms with E-state index in [1.807, 2.05) is 18.2 Å². The number of nitrogens with zero attached hydrogens (tertiary/aromatic N) is 2. The zero-order valence-corrected chi connectivity index (χ0v) is 11.5. The van der Waals surface area contributed by atoms with Gasteiger partial charge < -0.3 is 15.0 Å². The van der Waals surface area contributed by atoms with Crippen molar-refractivity contribution in [3.05, 3.63) is 24.0 Å². The van der Waals surface area contributed by atoms with E-state index < -0.39 is 0 Å². The number of benzene rings is 1. The Labute approximate surface area is 108 Å². The van der Waals surface area contributed by atoms with Crippen molar-refractivity contribution < 1.29 is 4.74 Å². The van der Waals surface area contributed by atoms with Crippen LogP contribution < -0.4 is 5.73 Å². The van der Waals surface area contributed by atoms with Gasteiger partial charge in [-0.05, 0) is 32.0 Å². The largest absolute Gasteiger partial charge is 0.399 e. The van der Waals surface area contributed by atoms with Gasteiger partial charge in [-0.15, -0.1) is 0 Å². The molecule has 0 amide bonds. The maximum Gasteiger partial charge on any atom is 0.110 e. The number of anilines is 1. The number of nitrogen functional groups attached to an aromatic ring is 1. The molecule has 0 fully saturated rings. The van der Waals surface area contributed by atoms with Crippen molar-refractivity contribution in [2.45, 2.75) is 32.7 Å². The van der Waals surface area contributed by atoms with E-state index in [0.717, 1.165) is 29.0 Å². The average Bonchev–Trinajstić information content (AvgIpc) is 2.66. The van der Waals surface area contributed by atoms with Gasteiger partial charge in [0, 0.05) is 19.2 Å². The highest BCUT2D eigenvalue weighted by molar-refractivity contribution is 5.80. The third-order valence-corrected chi connectivity index (χ3v) is 3.17. The summed E-state index contributed by atoms with van der Waals surface area (Å²) in [4.78, 5) is 4.67. The van der Waals surface area contributed by atoms with Gasteiger partial charge in [0.15, 0.2) is 0 Å². The van der Waals surface area contributed by atoms with Crippen molar-refractivity contribution in [3.8, 4) is 0 Å². The molecule has 0 aliphatic heterocycles. The Morgan fingerprint density at radius 3 is 2.72 bits per heavy atom. The molecule has 0 spiro atoms. The first-order valence-electron chi connectivity index (χ1n) is 6.26. The maximum absolute atomic E-state index is 5.82.